The first-order valence-corrected chi connectivity index (χ1v) is 13.4. The van der Waals surface area contributed by atoms with Crippen LogP contribution in [0.4, 0.5) is 0 Å². The molecule has 0 amide bonds. The number of hydrogen-bond acceptors (Lipinski definition) is 3. The van der Waals surface area contributed by atoms with Gasteiger partial charge in [0, 0.05) is 11.0 Å². The zero-order valence-electron chi connectivity index (χ0n) is 21.5. The van der Waals surface area contributed by atoms with Crippen molar-refractivity contribution in [2.75, 3.05) is 0 Å². The van der Waals surface area contributed by atoms with Gasteiger partial charge in [-0.2, -0.15) is 0 Å². The Morgan fingerprint density at radius 1 is 0.686 bits per heavy atom. The molecule has 2 aromatic carbocycles. The molecule has 4 heteroatoms. The lowest BCUT2D eigenvalue weighted by atomic mass is 9.68. The van der Waals surface area contributed by atoms with Crippen LogP contribution in [0, 0.1) is 0 Å². The Morgan fingerprint density at radius 3 is 1.51 bits per heavy atom. The van der Waals surface area contributed by atoms with Crippen molar-refractivity contribution < 1.29 is 20.1 Å². The minimum Gasteiger partial charge on any atom is -0.508 e. The lowest BCUT2D eigenvalue weighted by Crippen LogP contribution is -2.28. The Labute approximate surface area is 211 Å². The molecule has 0 radical (unpaired) electrons. The fourth-order valence-electron chi connectivity index (χ4n) is 5.04. The van der Waals surface area contributed by atoms with Gasteiger partial charge in [-0.25, -0.2) is 4.79 Å². The van der Waals surface area contributed by atoms with E-state index < -0.39 is 5.97 Å². The Hall–Kier alpha value is -2.75. The van der Waals surface area contributed by atoms with Crippen LogP contribution >= 0.6 is 0 Å². The summed E-state index contributed by atoms with van der Waals surface area (Å²) in [6.07, 6.45) is 15.2. The van der Waals surface area contributed by atoms with E-state index in [1.165, 1.54) is 43.2 Å². The molecule has 0 bridgehead atoms. The largest absolute Gasteiger partial charge is 0.508 e. The molecule has 192 valence electrons. The third kappa shape index (κ3) is 9.43. The minimum atomic E-state index is -0.884. The van der Waals surface area contributed by atoms with Gasteiger partial charge in [0.1, 0.15) is 11.5 Å². The molecular weight excluding hydrogens is 436 g/mol. The second-order valence-corrected chi connectivity index (χ2v) is 9.87. The molecule has 0 spiro atoms. The number of carboxylic acids is 1. The van der Waals surface area contributed by atoms with E-state index in [4.69, 9.17) is 5.11 Å². The van der Waals surface area contributed by atoms with E-state index in [0.29, 0.717) is 12.0 Å². The van der Waals surface area contributed by atoms with Crippen molar-refractivity contribution in [3.63, 3.8) is 0 Å². The van der Waals surface area contributed by atoms with Gasteiger partial charge < -0.3 is 15.3 Å². The molecule has 0 aromatic heterocycles. The van der Waals surface area contributed by atoms with Crippen molar-refractivity contribution in [1.82, 2.24) is 0 Å². The van der Waals surface area contributed by atoms with Crippen molar-refractivity contribution >= 4 is 5.97 Å². The number of aromatic hydroxyl groups is 2. The van der Waals surface area contributed by atoms with Crippen molar-refractivity contribution in [2.24, 2.45) is 0 Å². The minimum absolute atomic E-state index is 0.133. The summed E-state index contributed by atoms with van der Waals surface area (Å²) in [6.45, 7) is 5.83. The zero-order valence-corrected chi connectivity index (χ0v) is 21.5. The van der Waals surface area contributed by atoms with Crippen LogP contribution in [0.5, 0.6) is 11.5 Å². The highest BCUT2D eigenvalue weighted by Crippen LogP contribution is 2.43. The van der Waals surface area contributed by atoms with Crippen molar-refractivity contribution in [3.05, 3.63) is 71.8 Å². The summed E-state index contributed by atoms with van der Waals surface area (Å²) in [7, 11) is 0. The molecule has 0 heterocycles. The first-order valence-electron chi connectivity index (χ1n) is 13.4. The number of aliphatic carboxylic acids is 1. The van der Waals surface area contributed by atoms with Crippen molar-refractivity contribution in [2.45, 2.75) is 102 Å². The number of benzene rings is 2. The topological polar surface area (TPSA) is 77.8 Å². The highest BCUT2D eigenvalue weighted by Gasteiger charge is 2.33. The van der Waals surface area contributed by atoms with E-state index in [9.17, 15) is 15.0 Å². The summed E-state index contributed by atoms with van der Waals surface area (Å²) < 4.78 is 0. The van der Waals surface area contributed by atoms with Gasteiger partial charge in [0.2, 0.25) is 0 Å². The fourth-order valence-corrected chi connectivity index (χ4v) is 5.04. The fraction of sp³-hybridized carbons (Fsp3) is 0.516. The van der Waals surface area contributed by atoms with Gasteiger partial charge in [-0.3, -0.25) is 0 Å². The molecule has 0 unspecified atom stereocenters. The second-order valence-electron chi connectivity index (χ2n) is 9.87. The summed E-state index contributed by atoms with van der Waals surface area (Å²) >= 11 is 0. The molecule has 0 aliphatic carbocycles. The smallest absolute Gasteiger partial charge is 0.330 e. The summed E-state index contributed by atoms with van der Waals surface area (Å²) in [4.78, 5) is 10.8. The van der Waals surface area contributed by atoms with Crippen molar-refractivity contribution in [1.29, 1.82) is 0 Å². The SMILES string of the molecule is C=C(CCCCCCCCCC(CCCCCC)(c1ccc(O)cc1)c1ccc(O)cc1)C(=O)O. The lowest BCUT2D eigenvalue weighted by Gasteiger charge is -2.36. The molecule has 2 rings (SSSR count). The molecule has 2 aromatic rings. The van der Waals surface area contributed by atoms with Crippen LogP contribution in [0.1, 0.15) is 108 Å². The number of hydrogen-bond donors (Lipinski definition) is 3. The average Bonchev–Trinajstić information content (AvgIpc) is 2.85. The van der Waals surface area contributed by atoms with Crippen LogP contribution in [0.2, 0.25) is 0 Å². The molecule has 35 heavy (non-hydrogen) atoms. The first-order chi connectivity index (χ1) is 16.9. The van der Waals surface area contributed by atoms with Crippen LogP contribution in [-0.4, -0.2) is 21.3 Å². The Bertz CT molecular complexity index is 838. The predicted molar refractivity (Wildman–Crippen MR) is 144 cm³/mol. The maximum absolute atomic E-state index is 10.8. The average molecular weight is 481 g/mol. The number of unbranched alkanes of at least 4 members (excludes halogenated alkanes) is 9. The van der Waals surface area contributed by atoms with E-state index in [1.807, 2.05) is 0 Å². The van der Waals surface area contributed by atoms with Gasteiger partial charge >= 0.3 is 5.97 Å². The van der Waals surface area contributed by atoms with Crippen LogP contribution in [0.25, 0.3) is 0 Å². The van der Waals surface area contributed by atoms with E-state index in [1.54, 1.807) is 24.3 Å². The maximum Gasteiger partial charge on any atom is 0.330 e. The number of phenolic OH excluding ortho intramolecular Hbond substituents is 2. The Kier molecular flexibility index (Phi) is 12.4. The summed E-state index contributed by atoms with van der Waals surface area (Å²) in [5.74, 6) is -0.317. The van der Waals surface area contributed by atoms with E-state index in [0.717, 1.165) is 51.4 Å². The second kappa shape index (κ2) is 15.3. The van der Waals surface area contributed by atoms with Gasteiger partial charge in [0.05, 0.1) is 0 Å². The van der Waals surface area contributed by atoms with Crippen molar-refractivity contribution in [3.8, 4) is 11.5 Å². The van der Waals surface area contributed by atoms with E-state index >= 15 is 0 Å². The monoisotopic (exact) mass is 480 g/mol. The van der Waals surface area contributed by atoms with Gasteiger partial charge in [0.25, 0.3) is 0 Å². The third-order valence-electron chi connectivity index (χ3n) is 7.18. The van der Waals surface area contributed by atoms with Gasteiger partial charge in [-0.15, -0.1) is 0 Å². The highest BCUT2D eigenvalue weighted by atomic mass is 16.4. The predicted octanol–water partition coefficient (Wildman–Crippen LogP) is 8.51. The summed E-state index contributed by atoms with van der Waals surface area (Å²) in [6, 6.07) is 15.4. The van der Waals surface area contributed by atoms with Gasteiger partial charge in [-0.1, -0.05) is 102 Å². The zero-order chi connectivity index (χ0) is 25.5. The van der Waals surface area contributed by atoms with Crippen LogP contribution in [-0.2, 0) is 10.2 Å². The number of carboxylic acid groups (broad SMARTS) is 1. The lowest BCUT2D eigenvalue weighted by molar-refractivity contribution is -0.132. The van der Waals surface area contributed by atoms with E-state index in [2.05, 4.69) is 37.8 Å². The molecule has 0 aliphatic rings. The van der Waals surface area contributed by atoms with Gasteiger partial charge in [0.15, 0.2) is 0 Å². The molecular formula is C31H44O4. The quantitative estimate of drug-likeness (QED) is 0.148. The molecule has 4 nitrogen and oxygen atoms in total. The van der Waals surface area contributed by atoms with Crippen LogP contribution < -0.4 is 0 Å². The molecule has 3 N–H and O–H groups in total. The van der Waals surface area contributed by atoms with Crippen LogP contribution in [0.3, 0.4) is 0 Å². The number of carbonyl (C=O) groups is 1. The highest BCUT2D eigenvalue weighted by molar-refractivity contribution is 5.85. The molecule has 0 saturated carbocycles. The Balaban J connectivity index is 2.01. The molecule has 0 atom stereocenters. The van der Waals surface area contributed by atoms with Crippen LogP contribution in [0.15, 0.2) is 60.7 Å². The summed E-state index contributed by atoms with van der Waals surface area (Å²) in [5.41, 5.74) is 2.64. The molecule has 0 saturated heterocycles. The first kappa shape index (κ1) is 28.5. The molecule has 0 aliphatic heterocycles. The van der Waals surface area contributed by atoms with Gasteiger partial charge in [-0.05, 0) is 61.1 Å². The standard InChI is InChI=1S/C31H44O4/c1-3-4-5-12-23-31(26-15-19-28(32)20-16-26,27-17-21-29(33)22-18-27)24-13-10-8-6-7-9-11-14-25(2)30(34)35/h15-22,32-33H,2-14,23-24H2,1H3,(H,34,35). The van der Waals surface area contributed by atoms with E-state index in [-0.39, 0.29) is 16.9 Å². The Morgan fingerprint density at radius 2 is 1.09 bits per heavy atom. The summed E-state index contributed by atoms with van der Waals surface area (Å²) in [5, 5.41) is 28.7. The normalized spacial score (nSPS) is 11.5. The number of rotatable bonds is 18. The maximum atomic E-state index is 10.8. The molecule has 0 fully saturated rings. The number of phenols is 2. The third-order valence-corrected chi connectivity index (χ3v) is 7.18.